The van der Waals surface area contributed by atoms with Crippen LogP contribution in [-0.4, -0.2) is 18.1 Å². The van der Waals surface area contributed by atoms with Crippen molar-refractivity contribution in [1.29, 1.82) is 0 Å². The average molecular weight is 246 g/mol. The van der Waals surface area contributed by atoms with Gasteiger partial charge in [0, 0.05) is 12.4 Å². The first-order valence-electron chi connectivity index (χ1n) is 7.43. The Hall–Kier alpha value is -0.890. The number of pyridine rings is 1. The summed E-state index contributed by atoms with van der Waals surface area (Å²) in [6.07, 6.45) is 10.7. The molecule has 1 aliphatic rings. The van der Waals surface area contributed by atoms with E-state index in [4.69, 9.17) is 0 Å². The Labute approximate surface area is 111 Å². The average Bonchev–Trinajstić information content (AvgIpc) is 2.40. The monoisotopic (exact) mass is 246 g/mol. The lowest BCUT2D eigenvalue weighted by atomic mass is 9.75. The predicted octanol–water partition coefficient (Wildman–Crippen LogP) is 3.66. The zero-order valence-electron chi connectivity index (χ0n) is 11.8. The third-order valence-corrected chi connectivity index (χ3v) is 4.07. The normalized spacial score (nSPS) is 24.1. The smallest absolute Gasteiger partial charge is 0.0303 e. The number of hydrogen-bond donors (Lipinski definition) is 1. The Balaban J connectivity index is 2.03. The van der Waals surface area contributed by atoms with Crippen molar-refractivity contribution >= 4 is 0 Å². The Kier molecular flexibility index (Phi) is 5.18. The number of hydrogen-bond acceptors (Lipinski definition) is 2. The van der Waals surface area contributed by atoms with Crippen LogP contribution >= 0.6 is 0 Å². The van der Waals surface area contributed by atoms with E-state index in [1.807, 2.05) is 6.20 Å². The van der Waals surface area contributed by atoms with Crippen LogP contribution in [0.15, 0.2) is 18.5 Å². The zero-order valence-corrected chi connectivity index (χ0v) is 11.8. The number of nitrogens with one attached hydrogen (secondary N) is 1. The molecule has 1 aromatic heterocycles. The second-order valence-electron chi connectivity index (χ2n) is 5.65. The largest absolute Gasteiger partial charge is 0.316 e. The van der Waals surface area contributed by atoms with E-state index in [9.17, 15) is 0 Å². The van der Waals surface area contributed by atoms with Crippen molar-refractivity contribution in [3.05, 3.63) is 29.6 Å². The SMILES string of the molecule is CCCNCC1CCCCC1c1cncc(C)c1. The molecule has 18 heavy (non-hydrogen) atoms. The summed E-state index contributed by atoms with van der Waals surface area (Å²) in [5, 5.41) is 3.60. The summed E-state index contributed by atoms with van der Waals surface area (Å²) in [7, 11) is 0. The lowest BCUT2D eigenvalue weighted by molar-refractivity contribution is 0.295. The minimum Gasteiger partial charge on any atom is -0.316 e. The van der Waals surface area contributed by atoms with Gasteiger partial charge < -0.3 is 5.32 Å². The van der Waals surface area contributed by atoms with Crippen LogP contribution in [0.5, 0.6) is 0 Å². The molecule has 2 heteroatoms. The Morgan fingerprint density at radius 2 is 2.11 bits per heavy atom. The fraction of sp³-hybridized carbons (Fsp3) is 0.688. The summed E-state index contributed by atoms with van der Waals surface area (Å²) in [5.41, 5.74) is 2.75. The van der Waals surface area contributed by atoms with E-state index in [0.717, 1.165) is 18.4 Å². The number of nitrogens with zero attached hydrogens (tertiary/aromatic N) is 1. The second-order valence-corrected chi connectivity index (χ2v) is 5.65. The minimum atomic E-state index is 0.718. The Morgan fingerprint density at radius 1 is 1.28 bits per heavy atom. The van der Waals surface area contributed by atoms with Crippen LogP contribution in [-0.2, 0) is 0 Å². The fourth-order valence-electron chi connectivity index (χ4n) is 3.14. The van der Waals surface area contributed by atoms with E-state index in [1.165, 1.54) is 49.8 Å². The molecule has 0 bridgehead atoms. The summed E-state index contributed by atoms with van der Waals surface area (Å²) < 4.78 is 0. The molecule has 2 nitrogen and oxygen atoms in total. The van der Waals surface area contributed by atoms with Crippen molar-refractivity contribution in [2.24, 2.45) is 5.92 Å². The first-order chi connectivity index (χ1) is 8.81. The summed E-state index contributed by atoms with van der Waals surface area (Å²) in [6.45, 7) is 6.70. The van der Waals surface area contributed by atoms with Gasteiger partial charge in [-0.15, -0.1) is 0 Å². The molecule has 2 rings (SSSR count). The molecule has 0 spiro atoms. The molecule has 0 aliphatic heterocycles. The van der Waals surface area contributed by atoms with Crippen molar-refractivity contribution in [3.63, 3.8) is 0 Å². The van der Waals surface area contributed by atoms with Gasteiger partial charge in [0.15, 0.2) is 0 Å². The maximum Gasteiger partial charge on any atom is 0.0303 e. The summed E-state index contributed by atoms with van der Waals surface area (Å²) in [6, 6.07) is 2.33. The molecule has 0 aromatic carbocycles. The maximum absolute atomic E-state index is 4.37. The number of aryl methyl sites for hydroxylation is 1. The second kappa shape index (κ2) is 6.89. The third kappa shape index (κ3) is 3.55. The first-order valence-corrected chi connectivity index (χ1v) is 7.43. The molecule has 1 aliphatic carbocycles. The molecule has 0 amide bonds. The Morgan fingerprint density at radius 3 is 2.89 bits per heavy atom. The molecule has 2 atom stereocenters. The van der Waals surface area contributed by atoms with Gasteiger partial charge in [-0.25, -0.2) is 0 Å². The molecule has 100 valence electrons. The van der Waals surface area contributed by atoms with E-state index in [0.29, 0.717) is 0 Å². The highest BCUT2D eigenvalue weighted by Gasteiger charge is 2.26. The molecule has 2 unspecified atom stereocenters. The van der Waals surface area contributed by atoms with Gasteiger partial charge in [-0.3, -0.25) is 4.98 Å². The summed E-state index contributed by atoms with van der Waals surface area (Å²) in [5.74, 6) is 1.52. The summed E-state index contributed by atoms with van der Waals surface area (Å²) in [4.78, 5) is 4.37. The van der Waals surface area contributed by atoms with Gasteiger partial charge in [0.05, 0.1) is 0 Å². The highest BCUT2D eigenvalue weighted by atomic mass is 14.9. The first kappa shape index (κ1) is 13.5. The standard InChI is InChI=1S/C16H26N2/c1-3-8-17-11-14-6-4-5-7-16(14)15-9-13(2)10-18-12-15/h9-10,12,14,16-17H,3-8,11H2,1-2H3. The van der Waals surface area contributed by atoms with Gasteiger partial charge in [0.1, 0.15) is 0 Å². The van der Waals surface area contributed by atoms with Crippen LogP contribution in [0.25, 0.3) is 0 Å². The molecular weight excluding hydrogens is 220 g/mol. The quantitative estimate of drug-likeness (QED) is 0.802. The topological polar surface area (TPSA) is 24.9 Å². The molecule has 1 aromatic rings. The van der Waals surface area contributed by atoms with Crippen LogP contribution in [0.1, 0.15) is 56.1 Å². The Bertz CT molecular complexity index is 362. The van der Waals surface area contributed by atoms with Gasteiger partial charge >= 0.3 is 0 Å². The van der Waals surface area contributed by atoms with Crippen LogP contribution in [0.4, 0.5) is 0 Å². The van der Waals surface area contributed by atoms with Gasteiger partial charge in [0.2, 0.25) is 0 Å². The fourth-order valence-corrected chi connectivity index (χ4v) is 3.14. The van der Waals surface area contributed by atoms with Crippen molar-refractivity contribution in [2.45, 2.75) is 51.9 Å². The van der Waals surface area contributed by atoms with Crippen LogP contribution in [0.2, 0.25) is 0 Å². The molecule has 1 saturated carbocycles. The zero-order chi connectivity index (χ0) is 12.8. The van der Waals surface area contributed by atoms with Gasteiger partial charge in [0.25, 0.3) is 0 Å². The molecule has 1 N–H and O–H groups in total. The van der Waals surface area contributed by atoms with Crippen molar-refractivity contribution in [2.75, 3.05) is 13.1 Å². The highest BCUT2D eigenvalue weighted by molar-refractivity contribution is 5.22. The van der Waals surface area contributed by atoms with Crippen molar-refractivity contribution in [1.82, 2.24) is 10.3 Å². The summed E-state index contributed by atoms with van der Waals surface area (Å²) >= 11 is 0. The van der Waals surface area contributed by atoms with E-state index < -0.39 is 0 Å². The number of aromatic nitrogens is 1. The van der Waals surface area contributed by atoms with E-state index in [2.05, 4.69) is 36.4 Å². The van der Waals surface area contributed by atoms with E-state index >= 15 is 0 Å². The highest BCUT2D eigenvalue weighted by Crippen LogP contribution is 2.37. The van der Waals surface area contributed by atoms with Crippen LogP contribution in [0.3, 0.4) is 0 Å². The maximum atomic E-state index is 4.37. The van der Waals surface area contributed by atoms with Gasteiger partial charge in [-0.1, -0.05) is 25.8 Å². The lowest BCUT2D eigenvalue weighted by Gasteiger charge is -2.32. The van der Waals surface area contributed by atoms with Gasteiger partial charge in [-0.2, -0.15) is 0 Å². The van der Waals surface area contributed by atoms with Crippen molar-refractivity contribution in [3.8, 4) is 0 Å². The molecular formula is C16H26N2. The lowest BCUT2D eigenvalue weighted by Crippen LogP contribution is -2.30. The number of rotatable bonds is 5. The third-order valence-electron chi connectivity index (χ3n) is 4.07. The predicted molar refractivity (Wildman–Crippen MR) is 76.8 cm³/mol. The minimum absolute atomic E-state index is 0.718. The molecule has 1 fully saturated rings. The van der Waals surface area contributed by atoms with Crippen molar-refractivity contribution < 1.29 is 0 Å². The van der Waals surface area contributed by atoms with Crippen LogP contribution in [0, 0.1) is 12.8 Å². The van der Waals surface area contributed by atoms with Gasteiger partial charge in [-0.05, 0) is 62.2 Å². The molecule has 1 heterocycles. The molecule has 0 radical (unpaired) electrons. The van der Waals surface area contributed by atoms with E-state index in [-0.39, 0.29) is 0 Å². The molecule has 0 saturated heterocycles. The van der Waals surface area contributed by atoms with Crippen LogP contribution < -0.4 is 5.32 Å². The van der Waals surface area contributed by atoms with E-state index in [1.54, 1.807) is 0 Å².